The van der Waals surface area contributed by atoms with Crippen LogP contribution in [0.3, 0.4) is 0 Å². The molecule has 0 unspecified atom stereocenters. The molecular formula is C21H27FN4O4. The number of carboxylic acid groups (broad SMARTS) is 1. The zero-order valence-corrected chi connectivity index (χ0v) is 17.3. The van der Waals surface area contributed by atoms with Gasteiger partial charge < -0.3 is 20.1 Å². The van der Waals surface area contributed by atoms with Crippen molar-refractivity contribution in [3.63, 3.8) is 0 Å². The van der Waals surface area contributed by atoms with Gasteiger partial charge in [0.15, 0.2) is 0 Å². The summed E-state index contributed by atoms with van der Waals surface area (Å²) in [6.45, 7) is 4.56. The quantitative estimate of drug-likeness (QED) is 0.752. The van der Waals surface area contributed by atoms with Gasteiger partial charge in [0, 0.05) is 50.3 Å². The average molecular weight is 418 g/mol. The minimum absolute atomic E-state index is 0.125. The highest BCUT2D eigenvalue weighted by Gasteiger charge is 2.32. The Morgan fingerprint density at radius 1 is 1.30 bits per heavy atom. The van der Waals surface area contributed by atoms with Gasteiger partial charge in [0.2, 0.25) is 5.91 Å². The first kappa shape index (κ1) is 21.6. The van der Waals surface area contributed by atoms with Crippen LogP contribution in [-0.2, 0) is 11.8 Å². The van der Waals surface area contributed by atoms with Crippen LogP contribution in [0.15, 0.2) is 30.6 Å². The Kier molecular flexibility index (Phi) is 6.59. The van der Waals surface area contributed by atoms with Crippen LogP contribution >= 0.6 is 0 Å². The maximum Gasteiger partial charge on any atom is 0.405 e. The van der Waals surface area contributed by atoms with Crippen LogP contribution in [0.2, 0.25) is 0 Å². The van der Waals surface area contributed by atoms with Crippen molar-refractivity contribution in [2.45, 2.75) is 38.8 Å². The Hall–Kier alpha value is -3.10. The van der Waals surface area contributed by atoms with Gasteiger partial charge in [-0.3, -0.25) is 9.48 Å². The van der Waals surface area contributed by atoms with E-state index < -0.39 is 12.1 Å². The standard InChI is InChI=1S/C21H27FN4O4/c1-13(2)19(24-21(28)29)20(27)26-8-6-16(7-9-26)30-18-5-4-15(22)10-17(18)14-11-23-25(3)12-14/h4-5,10-13,16,19,24H,6-9H2,1-3H3,(H,28,29)/t19-/m0/s1. The summed E-state index contributed by atoms with van der Waals surface area (Å²) in [5.41, 5.74) is 1.39. The fourth-order valence-corrected chi connectivity index (χ4v) is 3.61. The Bertz CT molecular complexity index is 906. The lowest BCUT2D eigenvalue weighted by Crippen LogP contribution is -2.53. The number of ether oxygens (including phenoxy) is 1. The van der Waals surface area contributed by atoms with Crippen molar-refractivity contribution >= 4 is 12.0 Å². The monoisotopic (exact) mass is 418 g/mol. The molecule has 1 aromatic carbocycles. The molecule has 0 spiro atoms. The highest BCUT2D eigenvalue weighted by Crippen LogP contribution is 2.32. The number of hydrogen-bond donors (Lipinski definition) is 2. The van der Waals surface area contributed by atoms with E-state index in [9.17, 15) is 14.0 Å². The van der Waals surface area contributed by atoms with Crippen molar-refractivity contribution in [1.29, 1.82) is 0 Å². The Labute approximate surface area is 174 Å². The highest BCUT2D eigenvalue weighted by atomic mass is 19.1. The molecule has 9 heteroatoms. The molecule has 2 amide bonds. The van der Waals surface area contributed by atoms with Crippen molar-refractivity contribution in [2.75, 3.05) is 13.1 Å². The van der Waals surface area contributed by atoms with Crippen LogP contribution in [-0.4, -0.2) is 57.0 Å². The molecule has 1 aliphatic heterocycles. The summed E-state index contributed by atoms with van der Waals surface area (Å²) in [6, 6.07) is 3.63. The second kappa shape index (κ2) is 9.15. The zero-order valence-electron chi connectivity index (χ0n) is 17.3. The molecule has 1 saturated heterocycles. The van der Waals surface area contributed by atoms with Gasteiger partial charge in [0.05, 0.1) is 6.20 Å². The largest absolute Gasteiger partial charge is 0.490 e. The third kappa shape index (κ3) is 5.08. The Morgan fingerprint density at radius 2 is 2.00 bits per heavy atom. The molecule has 0 radical (unpaired) electrons. The van der Waals surface area contributed by atoms with E-state index >= 15 is 0 Å². The zero-order chi connectivity index (χ0) is 21.8. The molecule has 0 bridgehead atoms. The normalized spacial score (nSPS) is 15.8. The van der Waals surface area contributed by atoms with E-state index in [2.05, 4.69) is 10.4 Å². The molecule has 2 heterocycles. The molecule has 2 N–H and O–H groups in total. The minimum Gasteiger partial charge on any atom is -0.490 e. The number of likely N-dealkylation sites (tertiary alicyclic amines) is 1. The van der Waals surface area contributed by atoms with Crippen LogP contribution < -0.4 is 10.1 Å². The first-order chi connectivity index (χ1) is 14.2. The number of aryl methyl sites for hydroxylation is 1. The van der Waals surface area contributed by atoms with Crippen LogP contribution in [0.25, 0.3) is 11.1 Å². The number of amides is 2. The van der Waals surface area contributed by atoms with Crippen LogP contribution in [0, 0.1) is 11.7 Å². The molecule has 1 aromatic heterocycles. The van der Waals surface area contributed by atoms with Crippen molar-refractivity contribution < 1.29 is 23.8 Å². The lowest BCUT2D eigenvalue weighted by Gasteiger charge is -2.35. The lowest BCUT2D eigenvalue weighted by molar-refractivity contribution is -0.136. The molecule has 162 valence electrons. The average Bonchev–Trinajstić information content (AvgIpc) is 3.13. The predicted octanol–water partition coefficient (Wildman–Crippen LogP) is 2.89. The third-order valence-corrected chi connectivity index (χ3v) is 5.22. The van der Waals surface area contributed by atoms with Crippen molar-refractivity contribution in [1.82, 2.24) is 20.0 Å². The molecule has 1 aliphatic rings. The second-order valence-electron chi connectivity index (χ2n) is 7.86. The van der Waals surface area contributed by atoms with E-state index in [0.717, 1.165) is 5.56 Å². The smallest absolute Gasteiger partial charge is 0.405 e. The number of nitrogens with zero attached hydrogens (tertiary/aromatic N) is 3. The maximum absolute atomic E-state index is 13.8. The fraction of sp³-hybridized carbons (Fsp3) is 0.476. The number of nitrogens with one attached hydrogen (secondary N) is 1. The van der Waals surface area contributed by atoms with E-state index in [4.69, 9.17) is 9.84 Å². The molecule has 0 saturated carbocycles. The number of halogens is 1. The fourth-order valence-electron chi connectivity index (χ4n) is 3.61. The molecule has 3 rings (SSSR count). The molecule has 2 aromatic rings. The Morgan fingerprint density at radius 3 is 2.57 bits per heavy atom. The van der Waals surface area contributed by atoms with Crippen molar-refractivity contribution in [2.24, 2.45) is 13.0 Å². The van der Waals surface area contributed by atoms with Crippen LogP contribution in [0.4, 0.5) is 9.18 Å². The van der Waals surface area contributed by atoms with Gasteiger partial charge in [-0.25, -0.2) is 9.18 Å². The molecule has 30 heavy (non-hydrogen) atoms. The number of hydrogen-bond acceptors (Lipinski definition) is 4. The number of rotatable bonds is 6. The highest BCUT2D eigenvalue weighted by molar-refractivity contribution is 5.85. The van der Waals surface area contributed by atoms with Crippen molar-refractivity contribution in [3.05, 3.63) is 36.4 Å². The summed E-state index contributed by atoms with van der Waals surface area (Å²) in [6.07, 6.45) is 3.33. The first-order valence-corrected chi connectivity index (χ1v) is 9.98. The molecule has 1 atom stereocenters. The van der Waals surface area contributed by atoms with E-state index in [1.54, 1.807) is 35.1 Å². The van der Waals surface area contributed by atoms with Crippen LogP contribution in [0.5, 0.6) is 5.75 Å². The molecule has 1 fully saturated rings. The van der Waals surface area contributed by atoms with Crippen molar-refractivity contribution in [3.8, 4) is 16.9 Å². The molecule has 0 aliphatic carbocycles. The van der Waals surface area contributed by atoms with Gasteiger partial charge in [0.1, 0.15) is 23.7 Å². The van der Waals surface area contributed by atoms with Gasteiger partial charge in [-0.1, -0.05) is 13.8 Å². The summed E-state index contributed by atoms with van der Waals surface area (Å²) in [5.74, 6) is -0.151. The number of carbonyl (C=O) groups is 2. The summed E-state index contributed by atoms with van der Waals surface area (Å²) in [7, 11) is 1.79. The number of aromatic nitrogens is 2. The van der Waals surface area contributed by atoms with Gasteiger partial charge in [0.25, 0.3) is 0 Å². The van der Waals surface area contributed by atoms with Gasteiger partial charge >= 0.3 is 6.09 Å². The number of carbonyl (C=O) groups excluding carboxylic acids is 1. The summed E-state index contributed by atoms with van der Waals surface area (Å²) in [5, 5.41) is 15.4. The number of benzene rings is 1. The van der Waals surface area contributed by atoms with E-state index in [-0.39, 0.29) is 23.7 Å². The van der Waals surface area contributed by atoms with E-state index in [1.807, 2.05) is 13.8 Å². The maximum atomic E-state index is 13.8. The minimum atomic E-state index is -1.21. The molecule has 8 nitrogen and oxygen atoms in total. The van der Waals surface area contributed by atoms with Gasteiger partial charge in [-0.2, -0.15) is 5.10 Å². The Balaban J connectivity index is 1.65. The first-order valence-electron chi connectivity index (χ1n) is 9.98. The number of piperidine rings is 1. The second-order valence-corrected chi connectivity index (χ2v) is 7.86. The summed E-state index contributed by atoms with van der Waals surface area (Å²) >= 11 is 0. The predicted molar refractivity (Wildman–Crippen MR) is 109 cm³/mol. The van der Waals surface area contributed by atoms with Crippen LogP contribution in [0.1, 0.15) is 26.7 Å². The third-order valence-electron chi connectivity index (χ3n) is 5.22. The summed E-state index contributed by atoms with van der Waals surface area (Å²) < 4.78 is 21.6. The van der Waals surface area contributed by atoms with E-state index in [0.29, 0.717) is 37.2 Å². The lowest BCUT2D eigenvalue weighted by atomic mass is 10.0. The van der Waals surface area contributed by atoms with Gasteiger partial charge in [-0.05, 0) is 24.1 Å². The summed E-state index contributed by atoms with van der Waals surface area (Å²) in [4.78, 5) is 25.4. The molecular weight excluding hydrogens is 391 g/mol. The van der Waals surface area contributed by atoms with Gasteiger partial charge in [-0.15, -0.1) is 0 Å². The van der Waals surface area contributed by atoms with E-state index in [1.165, 1.54) is 12.1 Å². The topological polar surface area (TPSA) is 96.7 Å². The SMILES string of the molecule is CC(C)[C@H](NC(=O)O)C(=O)N1CCC(Oc2ccc(F)cc2-c2cnn(C)c2)CC1.